The van der Waals surface area contributed by atoms with E-state index in [1.54, 1.807) is 0 Å². The quantitative estimate of drug-likeness (QED) is 0.641. The van der Waals surface area contributed by atoms with Gasteiger partial charge in [-0.2, -0.15) is 0 Å². The fourth-order valence-corrected chi connectivity index (χ4v) is 3.29. The van der Waals surface area contributed by atoms with E-state index >= 15 is 0 Å². The highest BCUT2D eigenvalue weighted by atomic mass is 16.3. The highest BCUT2D eigenvalue weighted by Crippen LogP contribution is 2.40. The molecule has 2 N–H and O–H groups in total. The third-order valence-electron chi connectivity index (χ3n) is 3.76. The van der Waals surface area contributed by atoms with Gasteiger partial charge in [-0.1, -0.05) is 72.7 Å². The van der Waals surface area contributed by atoms with Crippen LogP contribution in [0, 0.1) is 5.41 Å². The average molecular weight is 328 g/mol. The van der Waals surface area contributed by atoms with Crippen molar-refractivity contribution in [1.82, 2.24) is 0 Å². The van der Waals surface area contributed by atoms with Gasteiger partial charge < -0.3 is 10.4 Å². The van der Waals surface area contributed by atoms with E-state index in [9.17, 15) is 5.11 Å². The van der Waals surface area contributed by atoms with Gasteiger partial charge in [0, 0.05) is 17.4 Å². The van der Waals surface area contributed by atoms with Crippen molar-refractivity contribution in [3.05, 3.63) is 54.1 Å². The van der Waals surface area contributed by atoms with Crippen LogP contribution in [-0.4, -0.2) is 5.11 Å². The number of benzene rings is 2. The minimum absolute atomic E-state index is 0.0619. The molecule has 0 saturated carbocycles. The Labute approximate surface area is 147 Å². The van der Waals surface area contributed by atoms with Crippen LogP contribution < -0.4 is 5.32 Å². The molecule has 0 aliphatic carbocycles. The number of hydrogen-bond acceptors (Lipinski definition) is 2. The molecule has 24 heavy (non-hydrogen) atoms. The number of phenols is 1. The second-order valence-corrected chi connectivity index (χ2v) is 7.84. The van der Waals surface area contributed by atoms with Gasteiger partial charge in [-0.3, -0.25) is 0 Å². The molecule has 0 aromatic heterocycles. The minimum Gasteiger partial charge on any atom is -0.508 e. The summed E-state index contributed by atoms with van der Waals surface area (Å²) in [7, 11) is 0. The molecule has 132 valence electrons. The predicted molar refractivity (Wildman–Crippen MR) is 106 cm³/mol. The van der Waals surface area contributed by atoms with E-state index < -0.39 is 0 Å². The van der Waals surface area contributed by atoms with Gasteiger partial charge in [-0.15, -0.1) is 0 Å². The molecular weight excluding hydrogens is 294 g/mol. The summed E-state index contributed by atoms with van der Waals surface area (Å²) in [5.74, 6) is 0.357. The molecule has 0 radical (unpaired) electrons. The first-order chi connectivity index (χ1) is 11.2. The molecule has 2 heteroatoms. The molecule has 0 amide bonds. The van der Waals surface area contributed by atoms with Gasteiger partial charge in [0.2, 0.25) is 0 Å². The van der Waals surface area contributed by atoms with Gasteiger partial charge in [0.25, 0.3) is 0 Å². The maximum absolute atomic E-state index is 10.5. The molecule has 2 nitrogen and oxygen atoms in total. The largest absolute Gasteiger partial charge is 0.508 e. The summed E-state index contributed by atoms with van der Waals surface area (Å²) in [5, 5.41) is 13.8. The minimum atomic E-state index is -0.0619. The molecule has 0 atom stereocenters. The zero-order valence-corrected chi connectivity index (χ0v) is 16.3. The van der Waals surface area contributed by atoms with Crippen LogP contribution in [0.5, 0.6) is 5.75 Å². The first-order valence-electron chi connectivity index (χ1n) is 8.83. The number of para-hydroxylation sites is 1. The van der Waals surface area contributed by atoms with E-state index in [-0.39, 0.29) is 10.8 Å². The molecule has 2 aromatic carbocycles. The Morgan fingerprint density at radius 1 is 0.833 bits per heavy atom. The topological polar surface area (TPSA) is 32.3 Å². The number of phenolic OH excluding ortho intramolecular Hbond substituents is 1. The van der Waals surface area contributed by atoms with Gasteiger partial charge >= 0.3 is 0 Å². The number of anilines is 2. The lowest BCUT2D eigenvalue weighted by atomic mass is 9.72. The molecule has 2 aromatic rings. The Morgan fingerprint density at radius 2 is 1.42 bits per heavy atom. The van der Waals surface area contributed by atoms with Crippen molar-refractivity contribution in [2.75, 3.05) is 5.32 Å². The molecule has 2 rings (SSSR count). The SMILES string of the molecule is CC.CC(C)(C)CC(C)(C)c1ccc(Nc2ccccc2)cc1O. The zero-order valence-electron chi connectivity index (χ0n) is 16.3. The molecule has 0 aliphatic heterocycles. The summed E-state index contributed by atoms with van der Waals surface area (Å²) < 4.78 is 0. The number of hydrogen-bond donors (Lipinski definition) is 2. The van der Waals surface area contributed by atoms with Crippen molar-refractivity contribution in [2.45, 2.75) is 60.3 Å². The van der Waals surface area contributed by atoms with Crippen molar-refractivity contribution < 1.29 is 5.11 Å². The Hall–Kier alpha value is -1.96. The summed E-state index contributed by atoms with van der Waals surface area (Å²) in [6.07, 6.45) is 1.01. The molecule has 0 unspecified atom stereocenters. The van der Waals surface area contributed by atoms with Crippen LogP contribution >= 0.6 is 0 Å². The lowest BCUT2D eigenvalue weighted by molar-refractivity contribution is 0.278. The number of rotatable bonds is 4. The molecule has 0 aliphatic rings. The van der Waals surface area contributed by atoms with Gasteiger partial charge in [0.1, 0.15) is 5.75 Å². The normalized spacial score (nSPS) is 11.5. The van der Waals surface area contributed by atoms with Crippen molar-refractivity contribution in [2.24, 2.45) is 5.41 Å². The summed E-state index contributed by atoms with van der Waals surface area (Å²) in [6, 6.07) is 15.9. The Balaban J connectivity index is 0.00000139. The van der Waals surface area contributed by atoms with Crippen molar-refractivity contribution in [3.8, 4) is 5.75 Å². The molecule has 0 bridgehead atoms. The number of aromatic hydroxyl groups is 1. The first-order valence-corrected chi connectivity index (χ1v) is 8.83. The smallest absolute Gasteiger partial charge is 0.121 e. The zero-order chi connectivity index (χ0) is 18.4. The summed E-state index contributed by atoms with van der Waals surface area (Å²) in [4.78, 5) is 0. The van der Waals surface area contributed by atoms with Crippen LogP contribution in [0.2, 0.25) is 0 Å². The van der Waals surface area contributed by atoms with Gasteiger partial charge in [0.15, 0.2) is 0 Å². The van der Waals surface area contributed by atoms with E-state index in [4.69, 9.17) is 0 Å². The fourth-order valence-electron chi connectivity index (χ4n) is 3.29. The van der Waals surface area contributed by atoms with Crippen LogP contribution in [-0.2, 0) is 5.41 Å². The highest BCUT2D eigenvalue weighted by Gasteiger charge is 2.29. The van der Waals surface area contributed by atoms with E-state index in [2.05, 4.69) is 39.9 Å². The van der Waals surface area contributed by atoms with Crippen molar-refractivity contribution in [3.63, 3.8) is 0 Å². The molecule has 0 spiro atoms. The van der Waals surface area contributed by atoms with Crippen molar-refractivity contribution in [1.29, 1.82) is 0 Å². The maximum atomic E-state index is 10.5. The van der Waals surface area contributed by atoms with Crippen LogP contribution in [0.25, 0.3) is 0 Å². The summed E-state index contributed by atoms with van der Waals surface area (Å²) in [5.41, 5.74) is 3.08. The lowest BCUT2D eigenvalue weighted by Gasteiger charge is -2.33. The third-order valence-corrected chi connectivity index (χ3v) is 3.76. The van der Waals surface area contributed by atoms with Crippen LogP contribution in [0.4, 0.5) is 11.4 Å². The molecular formula is C22H33NO. The molecule has 0 heterocycles. The van der Waals surface area contributed by atoms with Crippen LogP contribution in [0.3, 0.4) is 0 Å². The summed E-state index contributed by atoms with van der Waals surface area (Å²) >= 11 is 0. The van der Waals surface area contributed by atoms with Crippen LogP contribution in [0.15, 0.2) is 48.5 Å². The predicted octanol–water partition coefficient (Wildman–Crippen LogP) is 6.88. The van der Waals surface area contributed by atoms with E-state index in [1.807, 2.05) is 62.4 Å². The van der Waals surface area contributed by atoms with E-state index in [1.165, 1.54) is 0 Å². The second-order valence-electron chi connectivity index (χ2n) is 7.84. The second kappa shape index (κ2) is 8.23. The maximum Gasteiger partial charge on any atom is 0.121 e. The fraction of sp³-hybridized carbons (Fsp3) is 0.455. The van der Waals surface area contributed by atoms with Gasteiger partial charge in [-0.05, 0) is 41.0 Å². The Morgan fingerprint density at radius 3 is 1.92 bits per heavy atom. The van der Waals surface area contributed by atoms with E-state index in [0.717, 1.165) is 23.4 Å². The van der Waals surface area contributed by atoms with Gasteiger partial charge in [0.05, 0.1) is 0 Å². The average Bonchev–Trinajstić information content (AvgIpc) is 2.47. The highest BCUT2D eigenvalue weighted by molar-refractivity contribution is 5.62. The Kier molecular flexibility index (Phi) is 6.89. The molecule has 0 saturated heterocycles. The van der Waals surface area contributed by atoms with E-state index in [0.29, 0.717) is 5.75 Å². The monoisotopic (exact) mass is 327 g/mol. The number of nitrogens with one attached hydrogen (secondary N) is 1. The third kappa shape index (κ3) is 5.92. The molecule has 0 fully saturated rings. The van der Waals surface area contributed by atoms with Crippen LogP contribution in [0.1, 0.15) is 60.5 Å². The summed E-state index contributed by atoms with van der Waals surface area (Å²) in [6.45, 7) is 15.1. The lowest BCUT2D eigenvalue weighted by Crippen LogP contribution is -2.24. The standard InChI is InChI=1S/C20H27NO.C2H6/c1-19(2,3)14-20(4,5)17-12-11-16(13-18(17)22)21-15-9-7-6-8-10-15;1-2/h6-13,21-22H,14H2,1-5H3;1-2H3. The Bertz CT molecular complexity index is 624. The van der Waals surface area contributed by atoms with Gasteiger partial charge in [-0.25, -0.2) is 0 Å². The first kappa shape index (κ1) is 20.1. The van der Waals surface area contributed by atoms with Crippen molar-refractivity contribution >= 4 is 11.4 Å².